The minimum absolute atomic E-state index is 0.314. The third kappa shape index (κ3) is 4.76. The number of carbonyl (C=O) groups is 2. The average molecular weight is 449 g/mol. The van der Waals surface area contributed by atoms with Crippen molar-refractivity contribution in [1.82, 2.24) is 4.90 Å². The molecule has 9 heteroatoms. The first-order valence-electron chi connectivity index (χ1n) is 9.95. The zero-order chi connectivity index (χ0) is 22.8. The van der Waals surface area contributed by atoms with Gasteiger partial charge >= 0.3 is 13.7 Å². The van der Waals surface area contributed by atoms with Crippen molar-refractivity contribution in [2.45, 2.75) is 44.6 Å². The number of nitrogens with zero attached hydrogens (tertiary/aromatic N) is 1. The summed E-state index contributed by atoms with van der Waals surface area (Å²) >= 11 is 0. The summed E-state index contributed by atoms with van der Waals surface area (Å²) in [6, 6.07) is 11.9. The van der Waals surface area contributed by atoms with E-state index in [4.69, 9.17) is 18.2 Å². The molecule has 1 saturated heterocycles. The van der Waals surface area contributed by atoms with E-state index in [1.54, 1.807) is 32.9 Å². The second kappa shape index (κ2) is 8.99. The van der Waals surface area contributed by atoms with E-state index < -0.39 is 42.8 Å². The van der Waals surface area contributed by atoms with Crippen molar-refractivity contribution < 1.29 is 32.4 Å². The summed E-state index contributed by atoms with van der Waals surface area (Å²) in [6.45, 7) is 5.15. The van der Waals surface area contributed by atoms with Crippen molar-refractivity contribution in [2.24, 2.45) is 5.92 Å². The molecule has 0 N–H and O–H groups in total. The number of carbonyl (C=O) groups excluding carboxylic acids is 2. The van der Waals surface area contributed by atoms with Crippen LogP contribution in [-0.2, 0) is 29.6 Å². The van der Waals surface area contributed by atoms with Gasteiger partial charge in [0.15, 0.2) is 11.6 Å². The van der Waals surface area contributed by atoms with Gasteiger partial charge in [0.2, 0.25) is 0 Å². The van der Waals surface area contributed by atoms with E-state index in [0.29, 0.717) is 12.2 Å². The molecule has 1 unspecified atom stereocenters. The van der Waals surface area contributed by atoms with Crippen molar-refractivity contribution in [3.05, 3.63) is 60.1 Å². The van der Waals surface area contributed by atoms with Crippen LogP contribution in [0.15, 0.2) is 53.1 Å². The van der Waals surface area contributed by atoms with Gasteiger partial charge in [0, 0.05) is 14.2 Å². The Labute approximate surface area is 182 Å². The molecular weight excluding hydrogens is 421 g/mol. The van der Waals surface area contributed by atoms with Crippen molar-refractivity contribution in [1.29, 1.82) is 0 Å². The maximum Gasteiger partial charge on any atom is 0.412 e. The maximum atomic E-state index is 13.6. The average Bonchev–Trinajstić information content (AvgIpc) is 3.34. The molecule has 8 nitrogen and oxygen atoms in total. The Balaban J connectivity index is 2.14. The zero-order valence-electron chi connectivity index (χ0n) is 18.3. The number of ether oxygens (including phenoxy) is 1. The fourth-order valence-electron chi connectivity index (χ4n) is 3.82. The molecule has 1 aliphatic rings. The highest BCUT2D eigenvalue weighted by Crippen LogP contribution is 2.60. The molecule has 2 aromatic rings. The number of hydrogen-bond acceptors (Lipinski definition) is 7. The lowest BCUT2D eigenvalue weighted by molar-refractivity contribution is -0.121. The molecule has 0 spiro atoms. The van der Waals surface area contributed by atoms with Gasteiger partial charge in [-0.15, -0.1) is 0 Å². The van der Waals surface area contributed by atoms with Gasteiger partial charge in [-0.05, 0) is 44.9 Å². The Kier molecular flexibility index (Phi) is 6.74. The third-order valence-electron chi connectivity index (χ3n) is 5.11. The fraction of sp³-hybridized carbons (Fsp3) is 0.455. The van der Waals surface area contributed by atoms with Crippen LogP contribution in [0.3, 0.4) is 0 Å². The van der Waals surface area contributed by atoms with E-state index in [9.17, 15) is 14.2 Å². The van der Waals surface area contributed by atoms with Gasteiger partial charge in [0.25, 0.3) is 0 Å². The van der Waals surface area contributed by atoms with E-state index in [0.717, 1.165) is 10.5 Å². The summed E-state index contributed by atoms with van der Waals surface area (Å²) < 4.78 is 34.9. The Bertz CT molecular complexity index is 944. The molecule has 1 amide bonds. The summed E-state index contributed by atoms with van der Waals surface area (Å²) in [7, 11) is -1.62. The van der Waals surface area contributed by atoms with Crippen molar-refractivity contribution in [3.63, 3.8) is 0 Å². The molecule has 0 radical (unpaired) electrons. The van der Waals surface area contributed by atoms with E-state index in [1.807, 2.05) is 30.3 Å². The Morgan fingerprint density at radius 2 is 1.74 bits per heavy atom. The molecule has 3 atom stereocenters. The fourth-order valence-corrected chi connectivity index (χ4v) is 5.41. The SMILES string of the molecule is COP(=O)(OC)[C@@H]1C(=O)C(Cc2ccccc2)[C@H](c2ccco2)N1C(=O)OC(C)(C)C. The van der Waals surface area contributed by atoms with E-state index in [-0.39, 0.29) is 0 Å². The second-order valence-electron chi connectivity index (χ2n) is 8.33. The minimum atomic E-state index is -4.01. The van der Waals surface area contributed by atoms with E-state index in [1.165, 1.54) is 20.5 Å². The molecule has 168 valence electrons. The number of hydrogen-bond donors (Lipinski definition) is 0. The summed E-state index contributed by atoms with van der Waals surface area (Å²) in [5.41, 5.74) is 0.0620. The van der Waals surface area contributed by atoms with Gasteiger partial charge in [-0.2, -0.15) is 0 Å². The lowest BCUT2D eigenvalue weighted by atomic mass is 9.90. The van der Waals surface area contributed by atoms with Crippen LogP contribution in [0.25, 0.3) is 0 Å². The van der Waals surface area contributed by atoms with Gasteiger partial charge in [-0.1, -0.05) is 30.3 Å². The zero-order valence-corrected chi connectivity index (χ0v) is 19.2. The monoisotopic (exact) mass is 449 g/mol. The van der Waals surface area contributed by atoms with Crippen molar-refractivity contribution in [2.75, 3.05) is 14.2 Å². The lowest BCUT2D eigenvalue weighted by Gasteiger charge is -2.33. The van der Waals surface area contributed by atoms with Crippen molar-refractivity contribution in [3.8, 4) is 0 Å². The second-order valence-corrected chi connectivity index (χ2v) is 10.6. The van der Waals surface area contributed by atoms with Gasteiger partial charge in [0.05, 0.1) is 12.2 Å². The summed E-state index contributed by atoms with van der Waals surface area (Å²) in [4.78, 5) is 28.1. The number of ketones is 1. The smallest absolute Gasteiger partial charge is 0.412 e. The van der Waals surface area contributed by atoms with E-state index >= 15 is 0 Å². The highest BCUT2D eigenvalue weighted by atomic mass is 31.2. The first-order chi connectivity index (χ1) is 14.6. The summed E-state index contributed by atoms with van der Waals surface area (Å²) in [5, 5.41) is 0. The molecule has 1 aromatic carbocycles. The van der Waals surface area contributed by atoms with Crippen LogP contribution in [0.1, 0.15) is 38.1 Å². The Morgan fingerprint density at radius 3 is 2.26 bits per heavy atom. The Morgan fingerprint density at radius 1 is 1.10 bits per heavy atom. The quantitative estimate of drug-likeness (QED) is 0.584. The topological polar surface area (TPSA) is 95.3 Å². The van der Waals surface area contributed by atoms with Crippen LogP contribution in [0.5, 0.6) is 0 Å². The molecular formula is C22H28NO7P. The molecule has 1 aliphatic heterocycles. The molecule has 3 rings (SSSR count). The van der Waals surface area contributed by atoms with Crippen molar-refractivity contribution >= 4 is 19.5 Å². The van der Waals surface area contributed by atoms with Gasteiger partial charge in [0.1, 0.15) is 17.4 Å². The highest BCUT2D eigenvalue weighted by Gasteiger charge is 2.60. The molecule has 0 bridgehead atoms. The first-order valence-corrected chi connectivity index (χ1v) is 11.6. The molecule has 0 aliphatic carbocycles. The van der Waals surface area contributed by atoms with E-state index in [2.05, 4.69) is 0 Å². The standard InChI is InChI=1S/C22H28NO7P/c1-22(2,3)30-21(25)23-18(17-12-9-13-29-17)16(14-15-10-7-6-8-11-15)19(24)20(23)31(26,27-4)28-5/h6-13,16,18,20H,14H2,1-5H3/t16?,18-,20-/m1/s1. The summed E-state index contributed by atoms with van der Waals surface area (Å²) in [5.74, 6) is -2.23. The predicted molar refractivity (Wildman–Crippen MR) is 114 cm³/mol. The van der Waals surface area contributed by atoms with Gasteiger partial charge < -0.3 is 18.2 Å². The number of rotatable bonds is 6. The van der Waals surface area contributed by atoms with Crippen LogP contribution in [0.4, 0.5) is 4.79 Å². The van der Waals surface area contributed by atoms with Crippen LogP contribution in [0.2, 0.25) is 0 Å². The predicted octanol–water partition coefficient (Wildman–Crippen LogP) is 4.81. The molecule has 2 heterocycles. The van der Waals surface area contributed by atoms with Gasteiger partial charge in [-0.3, -0.25) is 14.3 Å². The highest BCUT2D eigenvalue weighted by molar-refractivity contribution is 7.55. The molecule has 1 fully saturated rings. The molecule has 1 aromatic heterocycles. The third-order valence-corrected chi connectivity index (χ3v) is 7.23. The van der Waals surface area contributed by atoms with Gasteiger partial charge in [-0.25, -0.2) is 4.79 Å². The van der Waals surface area contributed by atoms with Crippen LogP contribution in [-0.4, -0.2) is 42.4 Å². The molecule has 31 heavy (non-hydrogen) atoms. The largest absolute Gasteiger partial charge is 0.467 e. The number of likely N-dealkylation sites (tertiary alicyclic amines) is 1. The maximum absolute atomic E-state index is 13.6. The number of amides is 1. The molecule has 0 saturated carbocycles. The first kappa shape index (κ1) is 23.3. The Hall–Kier alpha value is -2.41. The summed E-state index contributed by atoms with van der Waals surface area (Å²) in [6.07, 6.45) is 0.984. The normalized spacial score (nSPS) is 22.0. The number of Topliss-reactive ketones (excluding diaryl/α,β-unsaturated/α-hetero) is 1. The number of furan rings is 1. The van der Waals surface area contributed by atoms with Crippen LogP contribution < -0.4 is 0 Å². The lowest BCUT2D eigenvalue weighted by Crippen LogP contribution is -2.43. The number of benzene rings is 1. The minimum Gasteiger partial charge on any atom is -0.467 e. The van der Waals surface area contributed by atoms with Crippen LogP contribution in [0, 0.1) is 5.92 Å². The van der Waals surface area contributed by atoms with Crippen LogP contribution >= 0.6 is 7.60 Å².